The molecule has 0 saturated carbocycles. The Morgan fingerprint density at radius 3 is 2.14 bits per heavy atom. The highest BCUT2D eigenvalue weighted by atomic mass is 35.5. The van der Waals surface area contributed by atoms with Crippen molar-refractivity contribution in [2.75, 3.05) is 66.1 Å². The van der Waals surface area contributed by atoms with Gasteiger partial charge in [-0.2, -0.15) is 10.2 Å². The second-order valence-electron chi connectivity index (χ2n) is 20.6. The van der Waals surface area contributed by atoms with Crippen molar-refractivity contribution in [2.24, 2.45) is 15.2 Å². The molecule has 0 bridgehead atoms. The molecule has 4 atom stereocenters. The van der Waals surface area contributed by atoms with E-state index in [-0.39, 0.29) is 50.8 Å². The van der Waals surface area contributed by atoms with Crippen LogP contribution in [-0.2, 0) is 35.5 Å². The quantitative estimate of drug-likeness (QED) is 0.0103. The van der Waals surface area contributed by atoms with E-state index in [0.29, 0.717) is 69.2 Å². The number of anilines is 1. The normalized spacial score (nSPS) is 16.0. The number of methoxy groups -OCH3 is 2. The Labute approximate surface area is 493 Å². The number of fused-ring (bicyclic) bond motifs is 1. The molecule has 21 heteroatoms. The first-order chi connectivity index (χ1) is 40.1. The fourth-order valence-electron chi connectivity index (χ4n) is 9.82. The van der Waals surface area contributed by atoms with Gasteiger partial charge in [0, 0.05) is 44.8 Å². The summed E-state index contributed by atoms with van der Waals surface area (Å²) in [7, 11) is 5.36. The molecule has 1 aliphatic heterocycles. The molecule has 0 spiro atoms. The number of hydrogen-bond donors (Lipinski definition) is 1. The molecule has 1 saturated heterocycles. The number of hydrogen-bond acceptors (Lipinski definition) is 15. The van der Waals surface area contributed by atoms with Crippen LogP contribution in [0.15, 0.2) is 143 Å². The summed E-state index contributed by atoms with van der Waals surface area (Å²) >= 11 is 6.40. The van der Waals surface area contributed by atoms with Crippen molar-refractivity contribution < 1.29 is 32.8 Å². The highest BCUT2D eigenvalue weighted by Crippen LogP contribution is 2.51. The van der Waals surface area contributed by atoms with E-state index in [2.05, 4.69) is 69.9 Å². The Kier molecular flexibility index (Phi) is 21.3. The maximum absolute atomic E-state index is 14.1. The minimum atomic E-state index is -1.74. The zero-order valence-electron chi connectivity index (χ0n) is 49.1. The number of benzene rings is 5. The summed E-state index contributed by atoms with van der Waals surface area (Å²) < 4.78 is 43.7. The molecule has 436 valence electrons. The molecule has 1 fully saturated rings. The van der Waals surface area contributed by atoms with Crippen LogP contribution < -0.4 is 19.7 Å². The highest BCUT2D eigenvalue weighted by molar-refractivity contribution is 7.44. The summed E-state index contributed by atoms with van der Waals surface area (Å²) in [5.74, 6) is 2.24. The minimum Gasteiger partial charge on any atom is -0.497 e. The number of aryl methyl sites for hydroxylation is 1. The Morgan fingerprint density at radius 1 is 0.904 bits per heavy atom. The van der Waals surface area contributed by atoms with E-state index in [1.165, 1.54) is 6.33 Å². The van der Waals surface area contributed by atoms with Gasteiger partial charge in [0.1, 0.15) is 47.7 Å². The number of carbonyl (C=O) groups excluding carboxylic acids is 1. The first kappa shape index (κ1) is 61.7. The first-order valence-electron chi connectivity index (χ1n) is 27.7. The number of ether oxygens (including phenoxy) is 4. The number of aliphatic imine (C=N–C) groups is 1. The predicted molar refractivity (Wildman–Crippen MR) is 326 cm³/mol. The van der Waals surface area contributed by atoms with Crippen molar-refractivity contribution in [3.63, 3.8) is 0 Å². The first-order valence-corrected chi connectivity index (χ1v) is 29.2. The molecule has 1 N–H and O–H groups in total. The van der Waals surface area contributed by atoms with E-state index < -0.39 is 32.6 Å². The van der Waals surface area contributed by atoms with E-state index in [0.717, 1.165) is 27.9 Å². The molecule has 0 aliphatic carbocycles. The number of azo groups is 1. The Balaban J connectivity index is 1.15. The number of rotatable bonds is 26. The highest BCUT2D eigenvalue weighted by Gasteiger charge is 2.46. The van der Waals surface area contributed by atoms with Crippen molar-refractivity contribution in [2.45, 2.75) is 97.6 Å². The van der Waals surface area contributed by atoms with Gasteiger partial charge in [0.05, 0.1) is 61.8 Å². The van der Waals surface area contributed by atoms with Gasteiger partial charge < -0.3 is 48.0 Å². The van der Waals surface area contributed by atoms with Crippen LogP contribution in [0.25, 0.3) is 15.9 Å². The smallest absolute Gasteiger partial charge is 0.259 e. The summed E-state index contributed by atoms with van der Waals surface area (Å²) in [6.07, 6.45) is -0.380. The van der Waals surface area contributed by atoms with Crippen LogP contribution in [0.3, 0.4) is 0 Å². The third kappa shape index (κ3) is 14.9. The van der Waals surface area contributed by atoms with Crippen LogP contribution in [0, 0.1) is 13.5 Å². The van der Waals surface area contributed by atoms with Crippen molar-refractivity contribution in [1.82, 2.24) is 34.6 Å². The third-order valence-corrected chi connectivity index (χ3v) is 16.6. The van der Waals surface area contributed by atoms with E-state index in [4.69, 9.17) is 61.2 Å². The number of halogens is 1. The molecule has 0 radical (unpaired) electrons. The number of nitrogens with zero attached hydrogens (tertiary/aromatic N) is 11. The van der Waals surface area contributed by atoms with Gasteiger partial charge in [-0.15, -0.1) is 5.11 Å². The predicted octanol–water partition coefficient (Wildman–Crippen LogP) is 12.9. The van der Waals surface area contributed by atoms with Crippen LogP contribution in [-0.4, -0.2) is 127 Å². The van der Waals surface area contributed by atoms with E-state index in [1.807, 2.05) is 154 Å². The van der Waals surface area contributed by atoms with Gasteiger partial charge in [-0.05, 0) is 131 Å². The molecule has 5 aromatic carbocycles. The molecule has 19 nitrogen and oxygen atoms in total. The van der Waals surface area contributed by atoms with E-state index >= 15 is 0 Å². The average Bonchev–Trinajstić information content (AvgIpc) is 4.25. The van der Waals surface area contributed by atoms with Gasteiger partial charge in [0.25, 0.3) is 8.53 Å². The topological polar surface area (TPSA) is 179 Å². The molecule has 2 aromatic heterocycles. The lowest BCUT2D eigenvalue weighted by molar-refractivity contribution is -0.119. The van der Waals surface area contributed by atoms with Crippen LogP contribution in [0.5, 0.6) is 11.5 Å². The molecule has 1 amide bonds. The number of likely N-dealkylation sites (N-methyl/N-ethyl adjacent to an activating group) is 1. The molecule has 3 heterocycles. The van der Waals surface area contributed by atoms with Crippen LogP contribution in [0.1, 0.15) is 82.1 Å². The van der Waals surface area contributed by atoms with Crippen LogP contribution >= 0.6 is 20.1 Å². The SMILES string of the molecule is [C-]#[N+]CCOP(OC1CC(n2nc(CNC(=O)CN(CC)c3ccc(N=Nc4ccc(C)cc4Cl)cc3)c3c(N=C(C)N(C)C)ncnc32)OC1COC(c1ccccc1)(c1ccc(OC)cc1)c1ccc(OC)cc1)N(C(C)C)C(C)C. The van der Waals surface area contributed by atoms with Gasteiger partial charge in [-0.3, -0.25) is 4.79 Å². The molecule has 4 unspecified atom stereocenters. The lowest BCUT2D eigenvalue weighted by atomic mass is 9.80. The van der Waals surface area contributed by atoms with Gasteiger partial charge in [0.15, 0.2) is 17.7 Å². The Bertz CT molecular complexity index is 3300. The Morgan fingerprint density at radius 2 is 1.55 bits per heavy atom. The molecule has 7 aromatic rings. The van der Waals surface area contributed by atoms with Gasteiger partial charge >= 0.3 is 0 Å². The molecule has 83 heavy (non-hydrogen) atoms. The van der Waals surface area contributed by atoms with Crippen LogP contribution in [0.2, 0.25) is 5.02 Å². The zero-order chi connectivity index (χ0) is 59.2. The molecule has 8 rings (SSSR count). The molecular formula is C62H74ClN12O7P. The standard InChI is InChI=1S/C62H74ClN12O7P/c1-13-73(49-26-24-48(25-27-49)69-70-53-32-19-43(6)35-52(53)63)38-57(76)65-37-54-59-60(68-44(7)72(9)10)66-40-67-61(59)74(71-54)58-36-55(82-83(80-34-33-64-8)75(41(2)3)42(4)5)56(81-58)39-79-62(45-17-15-14-16-18-45,46-20-28-50(77-11)29-21-46)47-22-30-51(78-12)31-23-47/h14-32,35,40-42,55-56,58H,13,33-34,36-39H2,1-7,9-12H3,(H,65,76). The fraction of sp³-hybridized carbons (Fsp3) is 0.387. The van der Waals surface area contributed by atoms with Crippen LogP contribution in [0.4, 0.5) is 22.9 Å². The van der Waals surface area contributed by atoms with Gasteiger partial charge in [-0.25, -0.2) is 30.9 Å². The molecule has 1 aliphatic rings. The van der Waals surface area contributed by atoms with Crippen molar-refractivity contribution in [3.05, 3.63) is 172 Å². The third-order valence-electron chi connectivity index (χ3n) is 14.2. The second-order valence-corrected chi connectivity index (χ2v) is 22.5. The summed E-state index contributed by atoms with van der Waals surface area (Å²) in [6.45, 7) is 22.9. The summed E-state index contributed by atoms with van der Waals surface area (Å²) in [4.78, 5) is 35.9. The maximum Gasteiger partial charge on any atom is 0.259 e. The lowest BCUT2D eigenvalue weighted by Gasteiger charge is -2.39. The molecular weight excluding hydrogens is 1090 g/mol. The average molecular weight is 1170 g/mol. The van der Waals surface area contributed by atoms with Gasteiger partial charge in [-0.1, -0.05) is 72.3 Å². The second kappa shape index (κ2) is 28.7. The minimum absolute atomic E-state index is 0.0259. The number of amidine groups is 1. The summed E-state index contributed by atoms with van der Waals surface area (Å²) in [5.41, 5.74) is 5.43. The summed E-state index contributed by atoms with van der Waals surface area (Å²) in [5, 5.41) is 18.2. The van der Waals surface area contributed by atoms with E-state index in [1.54, 1.807) is 18.9 Å². The van der Waals surface area contributed by atoms with Crippen molar-refractivity contribution >= 4 is 65.8 Å². The number of nitrogens with one attached hydrogen (secondary N) is 1. The van der Waals surface area contributed by atoms with Gasteiger partial charge in [0.2, 0.25) is 12.5 Å². The zero-order valence-corrected chi connectivity index (χ0v) is 50.7. The largest absolute Gasteiger partial charge is 0.497 e. The van der Waals surface area contributed by atoms with Crippen molar-refractivity contribution in [3.8, 4) is 11.5 Å². The number of aromatic nitrogens is 4. The number of carbonyl (C=O) groups is 1. The lowest BCUT2D eigenvalue weighted by Crippen LogP contribution is -2.39. The van der Waals surface area contributed by atoms with Crippen molar-refractivity contribution in [1.29, 1.82) is 0 Å². The monoisotopic (exact) mass is 1160 g/mol. The fourth-order valence-corrected chi connectivity index (χ4v) is 11.8. The Hall–Kier alpha value is -7.40. The van der Waals surface area contributed by atoms with E-state index in [9.17, 15) is 4.79 Å². The maximum atomic E-state index is 14.1. The number of amides is 1. The summed E-state index contributed by atoms with van der Waals surface area (Å²) in [6, 6.07) is 39.0.